The summed E-state index contributed by atoms with van der Waals surface area (Å²) in [4.78, 5) is 14.2. The van der Waals surface area contributed by atoms with Crippen LogP contribution in [0.15, 0.2) is 12.1 Å². The average Bonchev–Trinajstić information content (AvgIpc) is 2.30. The maximum Gasteiger partial charge on any atom is 0.290 e. The maximum absolute atomic E-state index is 10.6. The fourth-order valence-corrected chi connectivity index (χ4v) is 1.30. The summed E-state index contributed by atoms with van der Waals surface area (Å²) in [6.45, 7) is 2.00. The van der Waals surface area contributed by atoms with Crippen molar-refractivity contribution in [3.05, 3.63) is 27.9 Å². The number of nitrogens with zero attached hydrogens (tertiary/aromatic N) is 2. The SMILES string of the molecule is COC(CNc1ccc([N+](=O)[O-])c(C)n1)OC. The molecule has 1 heterocycles. The van der Waals surface area contributed by atoms with Gasteiger partial charge in [0.2, 0.25) is 0 Å². The van der Waals surface area contributed by atoms with E-state index in [1.807, 2.05) is 0 Å². The van der Waals surface area contributed by atoms with E-state index in [1.165, 1.54) is 20.3 Å². The van der Waals surface area contributed by atoms with Gasteiger partial charge in [0.15, 0.2) is 6.29 Å². The molecule has 0 amide bonds. The Balaban J connectivity index is 2.67. The van der Waals surface area contributed by atoms with Gasteiger partial charge in [0.1, 0.15) is 11.5 Å². The molecule has 1 aromatic rings. The Morgan fingerprint density at radius 3 is 2.59 bits per heavy atom. The number of aryl methyl sites for hydroxylation is 1. The zero-order chi connectivity index (χ0) is 12.8. The highest BCUT2D eigenvalue weighted by molar-refractivity contribution is 5.44. The van der Waals surface area contributed by atoms with Crippen molar-refractivity contribution in [2.45, 2.75) is 13.2 Å². The van der Waals surface area contributed by atoms with E-state index < -0.39 is 4.92 Å². The molecule has 0 spiro atoms. The van der Waals surface area contributed by atoms with Crippen molar-refractivity contribution >= 4 is 11.5 Å². The standard InChI is InChI=1S/C10H15N3O4/c1-7-8(13(14)15)4-5-9(12-7)11-6-10(16-2)17-3/h4-5,10H,6H2,1-3H3,(H,11,12). The second-order valence-electron chi connectivity index (χ2n) is 3.34. The number of pyridine rings is 1. The van der Waals surface area contributed by atoms with Crippen LogP contribution in [0.25, 0.3) is 0 Å². The molecule has 0 saturated heterocycles. The number of nitro groups is 1. The first-order valence-electron chi connectivity index (χ1n) is 5.00. The van der Waals surface area contributed by atoms with Crippen LogP contribution in [0, 0.1) is 17.0 Å². The van der Waals surface area contributed by atoms with Gasteiger partial charge in [-0.1, -0.05) is 0 Å². The van der Waals surface area contributed by atoms with E-state index in [9.17, 15) is 10.1 Å². The van der Waals surface area contributed by atoms with Gasteiger partial charge < -0.3 is 14.8 Å². The normalized spacial score (nSPS) is 10.6. The zero-order valence-electron chi connectivity index (χ0n) is 9.97. The van der Waals surface area contributed by atoms with Crippen molar-refractivity contribution in [1.29, 1.82) is 0 Å². The quantitative estimate of drug-likeness (QED) is 0.459. The van der Waals surface area contributed by atoms with E-state index in [0.29, 0.717) is 18.1 Å². The summed E-state index contributed by atoms with van der Waals surface area (Å²) in [5.41, 5.74) is 0.372. The summed E-state index contributed by atoms with van der Waals surface area (Å²) in [7, 11) is 3.06. The third-order valence-corrected chi connectivity index (χ3v) is 2.23. The van der Waals surface area contributed by atoms with E-state index in [2.05, 4.69) is 10.3 Å². The van der Waals surface area contributed by atoms with E-state index in [4.69, 9.17) is 9.47 Å². The number of hydrogen-bond acceptors (Lipinski definition) is 6. The van der Waals surface area contributed by atoms with Gasteiger partial charge in [0.05, 0.1) is 11.5 Å². The van der Waals surface area contributed by atoms with Gasteiger partial charge >= 0.3 is 0 Å². The molecule has 1 rings (SSSR count). The molecule has 0 radical (unpaired) electrons. The van der Waals surface area contributed by atoms with Crippen molar-refractivity contribution in [2.75, 3.05) is 26.1 Å². The van der Waals surface area contributed by atoms with Crippen LogP contribution in [-0.4, -0.2) is 37.0 Å². The van der Waals surface area contributed by atoms with Gasteiger partial charge in [0, 0.05) is 20.3 Å². The first-order chi connectivity index (χ1) is 8.08. The first-order valence-corrected chi connectivity index (χ1v) is 5.00. The van der Waals surface area contributed by atoms with Crippen LogP contribution in [0.2, 0.25) is 0 Å². The van der Waals surface area contributed by atoms with Gasteiger partial charge in [-0.05, 0) is 13.0 Å². The third-order valence-electron chi connectivity index (χ3n) is 2.23. The molecular weight excluding hydrogens is 226 g/mol. The lowest BCUT2D eigenvalue weighted by atomic mass is 10.3. The van der Waals surface area contributed by atoms with Crippen LogP contribution in [0.5, 0.6) is 0 Å². The summed E-state index contributed by atoms with van der Waals surface area (Å²) in [5, 5.41) is 13.6. The number of anilines is 1. The molecule has 1 aromatic heterocycles. The molecule has 7 heteroatoms. The number of rotatable bonds is 6. The van der Waals surface area contributed by atoms with Gasteiger partial charge in [-0.3, -0.25) is 10.1 Å². The number of hydrogen-bond donors (Lipinski definition) is 1. The van der Waals surface area contributed by atoms with Crippen LogP contribution >= 0.6 is 0 Å². The summed E-state index contributed by atoms with van der Waals surface area (Å²) >= 11 is 0. The lowest BCUT2D eigenvalue weighted by Gasteiger charge is -2.14. The molecule has 0 aliphatic rings. The van der Waals surface area contributed by atoms with Crippen molar-refractivity contribution < 1.29 is 14.4 Å². The molecule has 0 aliphatic carbocycles. The van der Waals surface area contributed by atoms with Crippen molar-refractivity contribution in [3.63, 3.8) is 0 Å². The van der Waals surface area contributed by atoms with Gasteiger partial charge in [-0.2, -0.15) is 0 Å². The monoisotopic (exact) mass is 241 g/mol. The summed E-state index contributed by atoms with van der Waals surface area (Å²) in [6, 6.07) is 2.97. The Kier molecular flexibility index (Phi) is 4.80. The highest BCUT2D eigenvalue weighted by Gasteiger charge is 2.12. The molecule has 0 atom stereocenters. The second kappa shape index (κ2) is 6.12. The fourth-order valence-electron chi connectivity index (χ4n) is 1.30. The molecule has 0 aliphatic heterocycles. The molecule has 17 heavy (non-hydrogen) atoms. The summed E-state index contributed by atoms with van der Waals surface area (Å²) in [6.07, 6.45) is -0.382. The zero-order valence-corrected chi connectivity index (χ0v) is 9.97. The van der Waals surface area contributed by atoms with Crippen LogP contribution < -0.4 is 5.32 Å². The van der Waals surface area contributed by atoms with Gasteiger partial charge in [-0.25, -0.2) is 4.98 Å². The minimum absolute atomic E-state index is 0.00517. The topological polar surface area (TPSA) is 86.5 Å². The van der Waals surface area contributed by atoms with Crippen molar-refractivity contribution in [3.8, 4) is 0 Å². The number of ether oxygens (including phenoxy) is 2. The Bertz CT molecular complexity index is 393. The molecule has 0 aromatic carbocycles. The predicted molar refractivity (Wildman–Crippen MR) is 61.9 cm³/mol. The molecule has 0 bridgehead atoms. The van der Waals surface area contributed by atoms with Crippen LogP contribution in [-0.2, 0) is 9.47 Å². The van der Waals surface area contributed by atoms with Crippen molar-refractivity contribution in [2.24, 2.45) is 0 Å². The average molecular weight is 241 g/mol. The lowest BCUT2D eigenvalue weighted by Crippen LogP contribution is -2.24. The highest BCUT2D eigenvalue weighted by atomic mass is 16.7. The van der Waals surface area contributed by atoms with Gasteiger partial charge in [-0.15, -0.1) is 0 Å². The number of methoxy groups -OCH3 is 2. The Labute approximate surface area is 98.9 Å². The van der Waals surface area contributed by atoms with E-state index >= 15 is 0 Å². The van der Waals surface area contributed by atoms with E-state index in [-0.39, 0.29) is 12.0 Å². The smallest absolute Gasteiger partial charge is 0.290 e. The number of aromatic nitrogens is 1. The lowest BCUT2D eigenvalue weighted by molar-refractivity contribution is -0.385. The minimum Gasteiger partial charge on any atom is -0.365 e. The van der Waals surface area contributed by atoms with E-state index in [1.54, 1.807) is 13.0 Å². The van der Waals surface area contributed by atoms with Crippen LogP contribution in [0.1, 0.15) is 5.69 Å². The third kappa shape index (κ3) is 3.65. The molecule has 94 valence electrons. The molecule has 7 nitrogen and oxygen atoms in total. The van der Waals surface area contributed by atoms with Crippen molar-refractivity contribution in [1.82, 2.24) is 4.98 Å². The van der Waals surface area contributed by atoms with E-state index in [0.717, 1.165) is 0 Å². The maximum atomic E-state index is 10.6. The minimum atomic E-state index is -0.459. The van der Waals surface area contributed by atoms with Gasteiger partial charge in [0.25, 0.3) is 5.69 Å². The fraction of sp³-hybridized carbons (Fsp3) is 0.500. The molecule has 0 unspecified atom stereocenters. The highest BCUT2D eigenvalue weighted by Crippen LogP contribution is 2.17. The molecular formula is C10H15N3O4. The molecule has 1 N–H and O–H groups in total. The van der Waals surface area contributed by atoms with Crippen LogP contribution in [0.4, 0.5) is 11.5 Å². The molecule has 0 fully saturated rings. The largest absolute Gasteiger partial charge is 0.365 e. The summed E-state index contributed by atoms with van der Waals surface area (Å²) in [5.74, 6) is 0.548. The Morgan fingerprint density at radius 2 is 2.12 bits per heavy atom. The Hall–Kier alpha value is -1.73. The molecule has 0 saturated carbocycles. The second-order valence-corrected chi connectivity index (χ2v) is 3.34. The first kappa shape index (κ1) is 13.3. The predicted octanol–water partition coefficient (Wildman–Crippen LogP) is 1.33. The summed E-state index contributed by atoms with van der Waals surface area (Å²) < 4.78 is 9.99. The number of nitrogens with one attached hydrogen (secondary N) is 1. The Morgan fingerprint density at radius 1 is 1.47 bits per heavy atom. The van der Waals surface area contributed by atoms with Crippen LogP contribution in [0.3, 0.4) is 0 Å².